The van der Waals surface area contributed by atoms with Gasteiger partial charge in [-0.2, -0.15) is 4.98 Å². The normalized spacial score (nSPS) is 14.2. The van der Waals surface area contributed by atoms with Crippen LogP contribution in [-0.4, -0.2) is 50.2 Å². The van der Waals surface area contributed by atoms with Crippen molar-refractivity contribution in [3.63, 3.8) is 0 Å². The fourth-order valence-electron chi connectivity index (χ4n) is 4.38. The Bertz CT molecular complexity index is 1410. The number of nitrogens with zero attached hydrogens (tertiary/aromatic N) is 3. The average Bonchev–Trinajstić information content (AvgIpc) is 2.91. The molecule has 1 fully saturated rings. The van der Waals surface area contributed by atoms with Crippen molar-refractivity contribution in [1.29, 1.82) is 0 Å². The van der Waals surface area contributed by atoms with Gasteiger partial charge in [0.25, 0.3) is 0 Å². The second-order valence-electron chi connectivity index (χ2n) is 9.00. The maximum Gasteiger partial charge on any atom is 0.229 e. The molecule has 1 aliphatic heterocycles. The van der Waals surface area contributed by atoms with Gasteiger partial charge in [0.15, 0.2) is 15.7 Å². The number of ether oxygens (including phenoxy) is 1. The third-order valence-electron chi connectivity index (χ3n) is 6.39. The van der Waals surface area contributed by atoms with E-state index in [4.69, 9.17) is 22.1 Å². The first-order valence-electron chi connectivity index (χ1n) is 12.3. The maximum absolute atomic E-state index is 12.7. The van der Waals surface area contributed by atoms with Crippen molar-refractivity contribution < 1.29 is 17.9 Å². The molecule has 0 radical (unpaired) electrons. The third kappa shape index (κ3) is 6.28. The highest BCUT2D eigenvalue weighted by molar-refractivity contribution is 7.91. The standard InChI is InChI=1S/C26H31ClN6O4S/c1-3-14-38(35,36)23-7-5-4-6-21(23)30-25-19(27)16-29-26(32-25)31-20-9-8-18(15-22(20)37-2)33-12-10-17(11-13-33)24(28)34/h4-9,15-17H,3,10-14H2,1-2H3,(H2,28,34)(H2,29,30,31,32). The molecule has 3 aromatic rings. The Morgan fingerprint density at radius 3 is 2.58 bits per heavy atom. The summed E-state index contributed by atoms with van der Waals surface area (Å²) in [5.41, 5.74) is 7.45. The molecular weight excluding hydrogens is 528 g/mol. The molecule has 202 valence electrons. The highest BCUT2D eigenvalue weighted by Crippen LogP contribution is 2.34. The van der Waals surface area contributed by atoms with Crippen LogP contribution in [0.1, 0.15) is 26.2 Å². The topological polar surface area (TPSA) is 140 Å². The molecule has 4 N–H and O–H groups in total. The molecule has 1 aromatic heterocycles. The van der Waals surface area contributed by atoms with Gasteiger partial charge in [0, 0.05) is 30.8 Å². The van der Waals surface area contributed by atoms with E-state index in [1.807, 2.05) is 25.1 Å². The Labute approximate surface area is 227 Å². The highest BCUT2D eigenvalue weighted by Gasteiger charge is 2.24. The largest absolute Gasteiger partial charge is 0.494 e. The molecule has 0 saturated carbocycles. The minimum Gasteiger partial charge on any atom is -0.494 e. The van der Waals surface area contributed by atoms with Gasteiger partial charge in [0.1, 0.15) is 10.8 Å². The molecule has 38 heavy (non-hydrogen) atoms. The van der Waals surface area contributed by atoms with Crippen LogP contribution in [0.15, 0.2) is 53.6 Å². The van der Waals surface area contributed by atoms with E-state index >= 15 is 0 Å². The summed E-state index contributed by atoms with van der Waals surface area (Å²) in [5, 5.41) is 6.44. The summed E-state index contributed by atoms with van der Waals surface area (Å²) in [4.78, 5) is 22.6. The number of nitrogens with two attached hydrogens (primary N) is 1. The first-order valence-corrected chi connectivity index (χ1v) is 14.4. The maximum atomic E-state index is 12.7. The molecule has 0 unspecified atom stereocenters. The molecule has 2 aromatic carbocycles. The lowest BCUT2D eigenvalue weighted by atomic mass is 9.96. The van der Waals surface area contributed by atoms with Crippen LogP contribution < -0.4 is 26.0 Å². The van der Waals surface area contributed by atoms with Crippen LogP contribution in [-0.2, 0) is 14.6 Å². The molecule has 1 saturated heterocycles. The van der Waals surface area contributed by atoms with Gasteiger partial charge in [-0.1, -0.05) is 30.7 Å². The third-order valence-corrected chi connectivity index (χ3v) is 8.63. The van der Waals surface area contributed by atoms with Crippen molar-refractivity contribution in [1.82, 2.24) is 9.97 Å². The Hall–Kier alpha value is -3.57. The number of piperidine rings is 1. The van der Waals surface area contributed by atoms with E-state index in [2.05, 4.69) is 25.5 Å². The summed E-state index contributed by atoms with van der Waals surface area (Å²) in [6.45, 7) is 3.28. The molecule has 0 atom stereocenters. The van der Waals surface area contributed by atoms with E-state index in [1.165, 1.54) is 6.20 Å². The molecule has 12 heteroatoms. The van der Waals surface area contributed by atoms with Crippen molar-refractivity contribution in [2.24, 2.45) is 11.7 Å². The smallest absolute Gasteiger partial charge is 0.229 e. The molecular formula is C26H31ClN6O4S. The number of hydrogen-bond donors (Lipinski definition) is 3. The van der Waals surface area contributed by atoms with Gasteiger partial charge in [-0.15, -0.1) is 0 Å². The second-order valence-corrected chi connectivity index (χ2v) is 11.5. The van der Waals surface area contributed by atoms with Crippen molar-refractivity contribution in [2.75, 3.05) is 41.5 Å². The number of carbonyl (C=O) groups is 1. The number of sulfone groups is 1. The molecule has 1 amide bonds. The monoisotopic (exact) mass is 558 g/mol. The summed E-state index contributed by atoms with van der Waals surface area (Å²) in [6.07, 6.45) is 3.38. The lowest BCUT2D eigenvalue weighted by Gasteiger charge is -2.32. The van der Waals surface area contributed by atoms with Gasteiger partial charge < -0.3 is 26.0 Å². The number of nitrogens with one attached hydrogen (secondary N) is 2. The zero-order chi connectivity index (χ0) is 27.3. The van der Waals surface area contributed by atoms with Crippen LogP contribution in [0, 0.1) is 5.92 Å². The zero-order valence-corrected chi connectivity index (χ0v) is 22.8. The lowest BCUT2D eigenvalue weighted by Crippen LogP contribution is -2.38. The Balaban J connectivity index is 1.54. The Kier molecular flexibility index (Phi) is 8.58. The quantitative estimate of drug-likeness (QED) is 0.328. The number of benzene rings is 2. The summed E-state index contributed by atoms with van der Waals surface area (Å²) < 4.78 is 31.1. The van der Waals surface area contributed by atoms with Crippen molar-refractivity contribution in [3.8, 4) is 5.75 Å². The summed E-state index contributed by atoms with van der Waals surface area (Å²) >= 11 is 6.35. The number of para-hydroxylation sites is 1. The molecule has 4 rings (SSSR count). The molecule has 2 heterocycles. The van der Waals surface area contributed by atoms with Gasteiger partial charge in [-0.05, 0) is 43.5 Å². The number of anilines is 5. The fraction of sp³-hybridized carbons (Fsp3) is 0.346. The van der Waals surface area contributed by atoms with Gasteiger partial charge in [-0.25, -0.2) is 13.4 Å². The van der Waals surface area contributed by atoms with Crippen molar-refractivity contribution in [2.45, 2.75) is 31.1 Å². The van der Waals surface area contributed by atoms with Crippen LogP contribution in [0.25, 0.3) is 0 Å². The van der Waals surface area contributed by atoms with Crippen molar-refractivity contribution in [3.05, 3.63) is 53.7 Å². The number of hydrogen-bond acceptors (Lipinski definition) is 9. The fourth-order valence-corrected chi connectivity index (χ4v) is 6.02. The number of methoxy groups -OCH3 is 1. The molecule has 0 bridgehead atoms. The number of rotatable bonds is 10. The van der Waals surface area contributed by atoms with Gasteiger partial charge in [-0.3, -0.25) is 4.79 Å². The van der Waals surface area contributed by atoms with Crippen LogP contribution >= 0.6 is 11.6 Å². The number of carbonyl (C=O) groups excluding carboxylic acids is 1. The van der Waals surface area contributed by atoms with Crippen LogP contribution in [0.5, 0.6) is 5.75 Å². The van der Waals surface area contributed by atoms with Gasteiger partial charge in [0.2, 0.25) is 11.9 Å². The number of halogens is 1. The highest BCUT2D eigenvalue weighted by atomic mass is 35.5. The number of primary amides is 1. The number of aromatic nitrogens is 2. The lowest BCUT2D eigenvalue weighted by molar-refractivity contribution is -0.122. The van der Waals surface area contributed by atoms with E-state index in [9.17, 15) is 13.2 Å². The molecule has 10 nitrogen and oxygen atoms in total. The SMILES string of the molecule is CCCS(=O)(=O)c1ccccc1Nc1nc(Nc2ccc(N3CCC(C(N)=O)CC3)cc2OC)ncc1Cl. The molecule has 0 aliphatic carbocycles. The summed E-state index contributed by atoms with van der Waals surface area (Å²) in [5.74, 6) is 0.802. The summed E-state index contributed by atoms with van der Waals surface area (Å²) in [6, 6.07) is 12.4. The Morgan fingerprint density at radius 1 is 1.16 bits per heavy atom. The zero-order valence-electron chi connectivity index (χ0n) is 21.3. The van der Waals surface area contributed by atoms with E-state index in [1.54, 1.807) is 31.4 Å². The Morgan fingerprint density at radius 2 is 1.89 bits per heavy atom. The predicted molar refractivity (Wildman–Crippen MR) is 150 cm³/mol. The summed E-state index contributed by atoms with van der Waals surface area (Å²) in [7, 11) is -1.89. The minimum atomic E-state index is -3.47. The van der Waals surface area contributed by atoms with Crippen LogP contribution in [0.3, 0.4) is 0 Å². The van der Waals surface area contributed by atoms with Crippen molar-refractivity contribution >= 4 is 56.2 Å². The predicted octanol–water partition coefficient (Wildman–Crippen LogP) is 4.51. The molecule has 0 spiro atoms. The van der Waals surface area contributed by atoms with E-state index in [0.29, 0.717) is 23.5 Å². The number of amides is 1. The first-order chi connectivity index (χ1) is 18.2. The van der Waals surface area contributed by atoms with Gasteiger partial charge >= 0.3 is 0 Å². The van der Waals surface area contributed by atoms with Gasteiger partial charge in [0.05, 0.1) is 35.3 Å². The van der Waals surface area contributed by atoms with Crippen LogP contribution in [0.2, 0.25) is 5.02 Å². The molecule has 1 aliphatic rings. The van der Waals surface area contributed by atoms with Crippen LogP contribution in [0.4, 0.5) is 28.8 Å². The van der Waals surface area contributed by atoms with E-state index in [-0.39, 0.29) is 39.3 Å². The minimum absolute atomic E-state index is 0.0367. The van der Waals surface area contributed by atoms with E-state index < -0.39 is 9.84 Å². The average molecular weight is 559 g/mol. The first kappa shape index (κ1) is 27.5. The van der Waals surface area contributed by atoms with E-state index in [0.717, 1.165) is 31.6 Å². The second kappa shape index (κ2) is 11.9.